The Kier molecular flexibility index (Phi) is 3.47. The van der Waals surface area contributed by atoms with Gasteiger partial charge in [0.1, 0.15) is 12.4 Å². The highest BCUT2D eigenvalue weighted by molar-refractivity contribution is 5.95. The Bertz CT molecular complexity index is 579. The molecule has 1 heterocycles. The number of benzene rings is 1. The zero-order chi connectivity index (χ0) is 13.1. The summed E-state index contributed by atoms with van der Waals surface area (Å²) in [6.07, 6.45) is 1.60. The first kappa shape index (κ1) is 12.4. The smallest absolute Gasteiger partial charge is 0.184 e. The number of halogens is 1. The summed E-state index contributed by atoms with van der Waals surface area (Å²) in [6, 6.07) is 4.41. The molecule has 0 bridgehead atoms. The van der Waals surface area contributed by atoms with Crippen LogP contribution in [0.2, 0.25) is 0 Å². The van der Waals surface area contributed by atoms with Crippen LogP contribution in [0, 0.1) is 12.7 Å². The zero-order valence-electron chi connectivity index (χ0n) is 9.93. The summed E-state index contributed by atoms with van der Waals surface area (Å²) in [5.74, 6) is -0.607. The van der Waals surface area contributed by atoms with Crippen molar-refractivity contribution in [2.45, 2.75) is 20.0 Å². The van der Waals surface area contributed by atoms with Crippen LogP contribution in [0.25, 0.3) is 0 Å². The van der Waals surface area contributed by atoms with Gasteiger partial charge in [-0.3, -0.25) is 4.79 Å². The molecular formula is C12H13FN4O. The lowest BCUT2D eigenvalue weighted by Gasteiger charge is -2.02. The molecule has 0 amide bonds. The molecule has 0 saturated carbocycles. The van der Waals surface area contributed by atoms with Gasteiger partial charge in [-0.2, -0.15) is 0 Å². The third-order valence-electron chi connectivity index (χ3n) is 2.59. The first-order chi connectivity index (χ1) is 8.60. The Labute approximate surface area is 103 Å². The molecule has 94 valence electrons. The summed E-state index contributed by atoms with van der Waals surface area (Å²) in [5.41, 5.74) is 6.83. The Morgan fingerprint density at radius 3 is 2.89 bits per heavy atom. The van der Waals surface area contributed by atoms with E-state index in [-0.39, 0.29) is 24.7 Å². The van der Waals surface area contributed by atoms with Gasteiger partial charge < -0.3 is 5.73 Å². The molecule has 0 spiro atoms. The lowest BCUT2D eigenvalue weighted by molar-refractivity contribution is 0.0966. The fourth-order valence-corrected chi connectivity index (χ4v) is 1.51. The Morgan fingerprint density at radius 2 is 2.28 bits per heavy atom. The number of hydrogen-bond donors (Lipinski definition) is 1. The van der Waals surface area contributed by atoms with Crippen LogP contribution >= 0.6 is 0 Å². The maximum Gasteiger partial charge on any atom is 0.184 e. The number of carbonyl (C=O) groups excluding carboxylic acids is 1. The van der Waals surface area contributed by atoms with Crippen molar-refractivity contribution in [1.29, 1.82) is 0 Å². The van der Waals surface area contributed by atoms with Crippen molar-refractivity contribution >= 4 is 5.78 Å². The topological polar surface area (TPSA) is 73.8 Å². The fourth-order valence-electron chi connectivity index (χ4n) is 1.51. The van der Waals surface area contributed by atoms with Crippen molar-refractivity contribution in [3.63, 3.8) is 0 Å². The number of hydrogen-bond acceptors (Lipinski definition) is 4. The van der Waals surface area contributed by atoms with Crippen molar-refractivity contribution in [1.82, 2.24) is 15.0 Å². The van der Waals surface area contributed by atoms with Gasteiger partial charge in [0.25, 0.3) is 0 Å². The van der Waals surface area contributed by atoms with Crippen LogP contribution in [0.5, 0.6) is 0 Å². The van der Waals surface area contributed by atoms with Crippen LogP contribution < -0.4 is 5.73 Å². The molecule has 1 aromatic heterocycles. The second-order valence-electron chi connectivity index (χ2n) is 4.00. The van der Waals surface area contributed by atoms with Crippen molar-refractivity contribution in [2.75, 3.05) is 0 Å². The molecule has 2 aromatic rings. The number of nitrogens with zero attached hydrogens (tertiary/aromatic N) is 3. The molecule has 2 rings (SSSR count). The van der Waals surface area contributed by atoms with Gasteiger partial charge in [0.2, 0.25) is 0 Å². The Balaban J connectivity index is 2.14. The second-order valence-corrected chi connectivity index (χ2v) is 4.00. The monoisotopic (exact) mass is 248 g/mol. The van der Waals surface area contributed by atoms with Crippen LogP contribution in [0.15, 0.2) is 24.4 Å². The summed E-state index contributed by atoms with van der Waals surface area (Å²) < 4.78 is 14.7. The summed E-state index contributed by atoms with van der Waals surface area (Å²) in [7, 11) is 0. The third-order valence-corrected chi connectivity index (χ3v) is 2.59. The van der Waals surface area contributed by atoms with Crippen LogP contribution in [-0.4, -0.2) is 20.8 Å². The van der Waals surface area contributed by atoms with Gasteiger partial charge in [0.15, 0.2) is 5.78 Å². The fraction of sp³-hybridized carbons (Fsp3) is 0.250. The maximum absolute atomic E-state index is 13.3. The van der Waals surface area contributed by atoms with E-state index in [0.717, 1.165) is 0 Å². The molecule has 0 unspecified atom stereocenters. The maximum atomic E-state index is 13.3. The predicted molar refractivity (Wildman–Crippen MR) is 63.4 cm³/mol. The van der Waals surface area contributed by atoms with Gasteiger partial charge in [-0.05, 0) is 18.6 Å². The average Bonchev–Trinajstić information content (AvgIpc) is 2.80. The van der Waals surface area contributed by atoms with E-state index in [2.05, 4.69) is 10.3 Å². The van der Waals surface area contributed by atoms with Crippen LogP contribution in [0.4, 0.5) is 4.39 Å². The Morgan fingerprint density at radius 1 is 1.50 bits per heavy atom. The molecule has 0 aliphatic heterocycles. The minimum absolute atomic E-state index is 0.0233. The standard InChI is InChI=1S/C12H13FN4O/c1-8-2-3-9(4-11(8)13)12(18)7-17-6-10(5-14)15-16-17/h2-4,6H,5,7,14H2,1H3. The minimum atomic E-state index is -0.387. The van der Waals surface area contributed by atoms with Gasteiger partial charge in [-0.15, -0.1) is 5.10 Å². The highest BCUT2D eigenvalue weighted by Crippen LogP contribution is 2.10. The van der Waals surface area contributed by atoms with Gasteiger partial charge in [0.05, 0.1) is 11.9 Å². The van der Waals surface area contributed by atoms with Crippen LogP contribution in [0.3, 0.4) is 0 Å². The zero-order valence-corrected chi connectivity index (χ0v) is 9.93. The van der Waals surface area contributed by atoms with E-state index in [9.17, 15) is 9.18 Å². The van der Waals surface area contributed by atoms with Gasteiger partial charge in [-0.25, -0.2) is 9.07 Å². The van der Waals surface area contributed by atoms with Crippen molar-refractivity contribution in [3.8, 4) is 0 Å². The molecule has 0 atom stereocenters. The molecule has 0 aliphatic rings. The van der Waals surface area contributed by atoms with Gasteiger partial charge in [0, 0.05) is 12.1 Å². The molecular weight excluding hydrogens is 235 g/mol. The molecule has 6 heteroatoms. The highest BCUT2D eigenvalue weighted by Gasteiger charge is 2.10. The SMILES string of the molecule is Cc1ccc(C(=O)Cn2cc(CN)nn2)cc1F. The van der Waals surface area contributed by atoms with Crippen LogP contribution in [-0.2, 0) is 13.1 Å². The number of aryl methyl sites for hydroxylation is 1. The number of carbonyl (C=O) groups is 1. The molecule has 0 radical (unpaired) electrons. The van der Waals surface area contributed by atoms with E-state index in [1.807, 2.05) is 0 Å². The number of Topliss-reactive ketones (excluding diaryl/α,β-unsaturated/α-hetero) is 1. The lowest BCUT2D eigenvalue weighted by Crippen LogP contribution is -2.11. The molecule has 0 aliphatic carbocycles. The lowest BCUT2D eigenvalue weighted by atomic mass is 10.1. The van der Waals surface area contributed by atoms with Crippen LogP contribution in [0.1, 0.15) is 21.6 Å². The van der Waals surface area contributed by atoms with E-state index in [4.69, 9.17) is 5.73 Å². The average molecular weight is 248 g/mol. The van der Waals surface area contributed by atoms with Gasteiger partial charge in [-0.1, -0.05) is 17.3 Å². The van der Waals surface area contributed by atoms with E-state index in [0.29, 0.717) is 16.8 Å². The molecule has 0 saturated heterocycles. The molecule has 1 aromatic carbocycles. The normalized spacial score (nSPS) is 10.6. The number of rotatable bonds is 4. The number of aromatic nitrogens is 3. The van der Waals surface area contributed by atoms with Crippen molar-refractivity contribution in [3.05, 3.63) is 47.0 Å². The molecule has 18 heavy (non-hydrogen) atoms. The number of nitrogens with two attached hydrogens (primary N) is 1. The van der Waals surface area contributed by atoms with Crippen molar-refractivity contribution < 1.29 is 9.18 Å². The Hall–Kier alpha value is -2.08. The quantitative estimate of drug-likeness (QED) is 0.821. The molecule has 2 N–H and O–H groups in total. The van der Waals surface area contributed by atoms with Crippen molar-refractivity contribution in [2.24, 2.45) is 5.73 Å². The first-order valence-electron chi connectivity index (χ1n) is 5.48. The van der Waals surface area contributed by atoms with E-state index >= 15 is 0 Å². The summed E-state index contributed by atoms with van der Waals surface area (Å²) in [5, 5.41) is 7.54. The largest absolute Gasteiger partial charge is 0.325 e. The van der Waals surface area contributed by atoms with E-state index in [1.54, 1.807) is 25.3 Å². The minimum Gasteiger partial charge on any atom is -0.325 e. The first-order valence-corrected chi connectivity index (χ1v) is 5.48. The van der Waals surface area contributed by atoms with E-state index in [1.165, 1.54) is 10.7 Å². The highest BCUT2D eigenvalue weighted by atomic mass is 19.1. The predicted octanol–water partition coefficient (Wildman–Crippen LogP) is 1.07. The second kappa shape index (κ2) is 5.05. The number of ketones is 1. The summed E-state index contributed by atoms with van der Waals surface area (Å²) in [4.78, 5) is 11.9. The molecule has 5 nitrogen and oxygen atoms in total. The third kappa shape index (κ3) is 2.60. The summed E-state index contributed by atoms with van der Waals surface area (Å²) in [6.45, 7) is 1.94. The summed E-state index contributed by atoms with van der Waals surface area (Å²) >= 11 is 0. The van der Waals surface area contributed by atoms with Gasteiger partial charge >= 0.3 is 0 Å². The molecule has 0 fully saturated rings. The van der Waals surface area contributed by atoms with E-state index < -0.39 is 0 Å².